The van der Waals surface area contributed by atoms with Crippen molar-refractivity contribution in [3.8, 4) is 0 Å². The van der Waals surface area contributed by atoms with E-state index in [1.54, 1.807) is 0 Å². The van der Waals surface area contributed by atoms with E-state index in [1.165, 1.54) is 0 Å². The molecule has 0 spiro atoms. The first-order valence-corrected chi connectivity index (χ1v) is 13.1. The molecule has 2 unspecified atom stereocenters. The van der Waals surface area contributed by atoms with Gasteiger partial charge in [0.25, 0.3) is 0 Å². The summed E-state index contributed by atoms with van der Waals surface area (Å²) >= 11 is 1.96. The molecule has 1 fully saturated rings. The molecule has 0 aliphatic heterocycles. The summed E-state index contributed by atoms with van der Waals surface area (Å²) in [7, 11) is 2.01. The third-order valence-corrected chi connectivity index (χ3v) is 10.3. The molecule has 0 aromatic carbocycles. The predicted octanol–water partition coefficient (Wildman–Crippen LogP) is 5.83. The van der Waals surface area contributed by atoms with Gasteiger partial charge >= 0.3 is 5.97 Å². The monoisotopic (exact) mass is 463 g/mol. The Morgan fingerprint density at radius 2 is 1.97 bits per heavy atom. The number of hydrogen-bond acceptors (Lipinski definition) is 4. The van der Waals surface area contributed by atoms with E-state index >= 15 is 0 Å². The second-order valence-electron chi connectivity index (χ2n) is 11.0. The van der Waals surface area contributed by atoms with E-state index < -0.39 is 11.6 Å². The average Bonchev–Trinajstić information content (AvgIpc) is 3.46. The van der Waals surface area contributed by atoms with Crippen molar-refractivity contribution >= 4 is 17.7 Å². The van der Waals surface area contributed by atoms with Gasteiger partial charge in [0, 0.05) is 22.1 Å². The lowest BCUT2D eigenvalue weighted by atomic mass is 9.63. The van der Waals surface area contributed by atoms with Crippen LogP contribution in [0, 0.1) is 22.2 Å². The zero-order valence-corrected chi connectivity index (χ0v) is 22.0. The highest BCUT2D eigenvalue weighted by molar-refractivity contribution is 8.00. The van der Waals surface area contributed by atoms with Gasteiger partial charge in [-0.05, 0) is 77.5 Å². The summed E-state index contributed by atoms with van der Waals surface area (Å²) in [5.41, 5.74) is -1.22. The van der Waals surface area contributed by atoms with Gasteiger partial charge in [0.2, 0.25) is 0 Å². The Hall–Kier alpha value is -1.04. The number of aliphatic carboxylic acids is 1. The topological polar surface area (TPSA) is 69.6 Å². The summed E-state index contributed by atoms with van der Waals surface area (Å²) in [6.07, 6.45) is 17.4. The van der Waals surface area contributed by atoms with Crippen LogP contribution in [0.15, 0.2) is 36.5 Å². The molecule has 2 aliphatic rings. The van der Waals surface area contributed by atoms with Gasteiger partial charge in [-0.15, -0.1) is 0 Å². The minimum atomic E-state index is -0.813. The lowest BCUT2D eigenvalue weighted by molar-refractivity contribution is -0.138. The van der Waals surface area contributed by atoms with Crippen LogP contribution in [-0.4, -0.2) is 45.9 Å². The van der Waals surface area contributed by atoms with E-state index in [4.69, 9.17) is 0 Å². The molecule has 2 aliphatic carbocycles. The largest absolute Gasteiger partial charge is 0.481 e. The summed E-state index contributed by atoms with van der Waals surface area (Å²) in [6.45, 7) is 12.6. The molecule has 5 atom stereocenters. The van der Waals surface area contributed by atoms with Gasteiger partial charge in [-0.25, -0.2) is 0 Å². The molecule has 0 heterocycles. The van der Waals surface area contributed by atoms with E-state index in [-0.39, 0.29) is 34.6 Å². The van der Waals surface area contributed by atoms with Gasteiger partial charge in [-0.3, -0.25) is 4.79 Å². The fourth-order valence-electron chi connectivity index (χ4n) is 5.08. The number of allylic oxidation sites excluding steroid dienone is 4. The van der Waals surface area contributed by atoms with Crippen molar-refractivity contribution in [1.29, 1.82) is 0 Å². The average molecular weight is 464 g/mol. The zero-order valence-electron chi connectivity index (χ0n) is 21.1. The molecular weight excluding hydrogens is 418 g/mol. The molecule has 0 saturated heterocycles. The lowest BCUT2D eigenvalue weighted by Gasteiger charge is -2.46. The van der Waals surface area contributed by atoms with Crippen LogP contribution < -0.4 is 5.32 Å². The number of carbonyl (C=O) groups is 1. The van der Waals surface area contributed by atoms with Crippen LogP contribution >= 0.6 is 11.8 Å². The fourth-order valence-corrected chi connectivity index (χ4v) is 6.97. The van der Waals surface area contributed by atoms with Crippen molar-refractivity contribution in [2.75, 3.05) is 12.8 Å². The van der Waals surface area contributed by atoms with Crippen molar-refractivity contribution in [2.24, 2.45) is 22.2 Å². The van der Waals surface area contributed by atoms with Gasteiger partial charge < -0.3 is 15.5 Å². The smallest absolute Gasteiger partial charge is 0.303 e. The van der Waals surface area contributed by atoms with Crippen molar-refractivity contribution in [3.63, 3.8) is 0 Å². The van der Waals surface area contributed by atoms with Crippen LogP contribution in [0.2, 0.25) is 0 Å². The SMILES string of the molecule is C/C=C\[C@@](C)(C(C)NC)[C@@H](CC[C@H]1C=CC=CC1(C)C(C)(C)O)SCC1(CC(=O)O)CC1. The molecule has 0 aromatic heterocycles. The maximum Gasteiger partial charge on any atom is 0.303 e. The highest BCUT2D eigenvalue weighted by atomic mass is 32.2. The number of carboxylic acid groups (broad SMARTS) is 1. The maximum atomic E-state index is 11.4. The molecular formula is C27H45NO3S. The lowest BCUT2D eigenvalue weighted by Crippen LogP contribution is -2.47. The summed E-state index contributed by atoms with van der Waals surface area (Å²) in [4.78, 5) is 11.4. The third kappa shape index (κ3) is 6.09. The number of aliphatic hydroxyl groups is 1. The summed E-state index contributed by atoms with van der Waals surface area (Å²) in [5.74, 6) is 0.472. The second-order valence-corrected chi connectivity index (χ2v) is 12.2. The van der Waals surface area contributed by atoms with E-state index in [1.807, 2.05) is 32.7 Å². The Labute approximate surface area is 200 Å². The van der Waals surface area contributed by atoms with Crippen LogP contribution in [0.1, 0.15) is 73.6 Å². The number of hydrogen-bond donors (Lipinski definition) is 3. The van der Waals surface area contributed by atoms with Crippen LogP contribution in [0.3, 0.4) is 0 Å². The fraction of sp³-hybridized carbons (Fsp3) is 0.741. The van der Waals surface area contributed by atoms with E-state index in [0.29, 0.717) is 5.25 Å². The van der Waals surface area contributed by atoms with E-state index in [0.717, 1.165) is 31.4 Å². The Morgan fingerprint density at radius 1 is 1.31 bits per heavy atom. The molecule has 0 amide bonds. The van der Waals surface area contributed by atoms with Crippen LogP contribution in [0.4, 0.5) is 0 Å². The maximum absolute atomic E-state index is 11.4. The van der Waals surface area contributed by atoms with Crippen LogP contribution in [0.5, 0.6) is 0 Å². The summed E-state index contributed by atoms with van der Waals surface area (Å²) < 4.78 is 0. The van der Waals surface area contributed by atoms with E-state index in [2.05, 4.69) is 69.5 Å². The number of nitrogens with one attached hydrogen (secondary N) is 1. The molecule has 0 bridgehead atoms. The molecule has 2 rings (SSSR count). The molecule has 3 N–H and O–H groups in total. The van der Waals surface area contributed by atoms with Crippen LogP contribution in [-0.2, 0) is 4.79 Å². The highest BCUT2D eigenvalue weighted by Gasteiger charge is 2.47. The number of thioether (sulfide) groups is 1. The van der Waals surface area contributed by atoms with Crippen molar-refractivity contribution in [1.82, 2.24) is 5.32 Å². The number of rotatable bonds is 13. The molecule has 32 heavy (non-hydrogen) atoms. The normalized spacial score (nSPS) is 28.4. The van der Waals surface area contributed by atoms with Crippen molar-refractivity contribution in [2.45, 2.75) is 90.5 Å². The molecule has 0 radical (unpaired) electrons. The standard InChI is InChI=1S/C27H45NO3S/c1-8-14-25(5,20(2)28-7)22(32-19-27(16-17-27)18-23(29)30)13-12-21-11-9-10-15-26(21,6)24(3,4)31/h8-11,14-15,20-22,28,31H,12-13,16-19H2,1-7H3,(H,29,30)/b14-8-/t20?,21-,22-,25+,26?/m1/s1. The van der Waals surface area contributed by atoms with Gasteiger partial charge in [0.05, 0.1) is 12.0 Å². The quantitative estimate of drug-likeness (QED) is 0.300. The van der Waals surface area contributed by atoms with Gasteiger partial charge in [0.15, 0.2) is 0 Å². The highest BCUT2D eigenvalue weighted by Crippen LogP contribution is 2.54. The summed E-state index contributed by atoms with van der Waals surface area (Å²) in [5, 5.41) is 24.1. The van der Waals surface area contributed by atoms with Gasteiger partial charge in [0.1, 0.15) is 0 Å². The second kappa shape index (κ2) is 10.5. The molecule has 0 aromatic rings. The first kappa shape index (κ1) is 27.2. The van der Waals surface area contributed by atoms with E-state index in [9.17, 15) is 15.0 Å². The first-order valence-electron chi connectivity index (χ1n) is 12.1. The van der Waals surface area contributed by atoms with Crippen molar-refractivity contribution in [3.05, 3.63) is 36.5 Å². The number of carboxylic acids is 1. The van der Waals surface area contributed by atoms with Crippen LogP contribution in [0.25, 0.3) is 0 Å². The molecule has 1 saturated carbocycles. The Bertz CT molecular complexity index is 734. The first-order chi connectivity index (χ1) is 14.8. The minimum absolute atomic E-state index is 0.0243. The summed E-state index contributed by atoms with van der Waals surface area (Å²) in [6, 6.07) is 0.285. The Kier molecular flexibility index (Phi) is 8.91. The molecule has 4 nitrogen and oxygen atoms in total. The predicted molar refractivity (Wildman–Crippen MR) is 137 cm³/mol. The zero-order chi connectivity index (χ0) is 24.2. The molecule has 5 heteroatoms. The minimum Gasteiger partial charge on any atom is -0.481 e. The van der Waals surface area contributed by atoms with Gasteiger partial charge in [-0.2, -0.15) is 11.8 Å². The Morgan fingerprint density at radius 3 is 2.47 bits per heavy atom. The third-order valence-electron chi connectivity index (χ3n) is 8.38. The van der Waals surface area contributed by atoms with Gasteiger partial charge in [-0.1, -0.05) is 50.3 Å². The van der Waals surface area contributed by atoms with Crippen molar-refractivity contribution < 1.29 is 15.0 Å². The Balaban J connectivity index is 2.25. The molecule has 182 valence electrons.